The van der Waals surface area contributed by atoms with Crippen molar-refractivity contribution in [1.82, 2.24) is 10.6 Å². The van der Waals surface area contributed by atoms with Crippen LogP contribution in [0.2, 0.25) is 0 Å². The SMILES string of the molecule is CSC1CCC(NC(=O)C2COCCN2)C1. The lowest BCUT2D eigenvalue weighted by molar-refractivity contribution is -0.126. The molecule has 1 amide bonds. The molecule has 2 N–H and O–H groups in total. The number of nitrogens with one attached hydrogen (secondary N) is 2. The third-order valence-corrected chi connectivity index (χ3v) is 4.40. The van der Waals surface area contributed by atoms with E-state index in [1.54, 1.807) is 0 Å². The van der Waals surface area contributed by atoms with Gasteiger partial charge in [-0.25, -0.2) is 0 Å². The van der Waals surface area contributed by atoms with Crippen molar-refractivity contribution in [3.8, 4) is 0 Å². The molecule has 2 aliphatic rings. The molecule has 5 heteroatoms. The first-order chi connectivity index (χ1) is 7.79. The molecule has 16 heavy (non-hydrogen) atoms. The van der Waals surface area contributed by atoms with Crippen LogP contribution < -0.4 is 10.6 Å². The number of carbonyl (C=O) groups excluding carboxylic acids is 1. The van der Waals surface area contributed by atoms with Gasteiger partial charge in [-0.05, 0) is 25.5 Å². The van der Waals surface area contributed by atoms with Gasteiger partial charge in [-0.3, -0.25) is 4.79 Å². The van der Waals surface area contributed by atoms with E-state index >= 15 is 0 Å². The zero-order valence-electron chi connectivity index (χ0n) is 9.70. The second-order valence-electron chi connectivity index (χ2n) is 4.46. The van der Waals surface area contributed by atoms with Gasteiger partial charge in [0.2, 0.25) is 5.91 Å². The Labute approximate surface area is 101 Å². The Hall–Kier alpha value is -0.260. The molecule has 1 heterocycles. The fraction of sp³-hybridized carbons (Fsp3) is 0.909. The summed E-state index contributed by atoms with van der Waals surface area (Å²) >= 11 is 1.91. The molecule has 0 bridgehead atoms. The second-order valence-corrected chi connectivity index (χ2v) is 5.60. The summed E-state index contributed by atoms with van der Waals surface area (Å²) in [6.45, 7) is 1.99. The van der Waals surface area contributed by atoms with Crippen LogP contribution in [0.15, 0.2) is 0 Å². The number of carbonyl (C=O) groups is 1. The van der Waals surface area contributed by atoms with Gasteiger partial charge in [-0.2, -0.15) is 11.8 Å². The molecule has 1 saturated heterocycles. The molecule has 1 aliphatic carbocycles. The number of thioether (sulfide) groups is 1. The van der Waals surface area contributed by atoms with Crippen molar-refractivity contribution in [1.29, 1.82) is 0 Å². The number of rotatable bonds is 3. The molecular formula is C11H20N2O2S. The van der Waals surface area contributed by atoms with Crippen LogP contribution in [0.3, 0.4) is 0 Å². The minimum atomic E-state index is -0.151. The van der Waals surface area contributed by atoms with Crippen LogP contribution in [-0.4, -0.2) is 49.3 Å². The lowest BCUT2D eigenvalue weighted by atomic mass is 10.2. The number of morpholine rings is 1. The number of amides is 1. The van der Waals surface area contributed by atoms with E-state index in [0.717, 1.165) is 24.6 Å². The van der Waals surface area contributed by atoms with E-state index in [1.807, 2.05) is 11.8 Å². The van der Waals surface area contributed by atoms with Crippen LogP contribution in [0.1, 0.15) is 19.3 Å². The van der Waals surface area contributed by atoms with Gasteiger partial charge in [0, 0.05) is 17.8 Å². The molecule has 1 aliphatic heterocycles. The van der Waals surface area contributed by atoms with E-state index in [0.29, 0.717) is 19.3 Å². The average Bonchev–Trinajstić information content (AvgIpc) is 2.78. The third-order valence-electron chi connectivity index (χ3n) is 3.30. The van der Waals surface area contributed by atoms with E-state index in [-0.39, 0.29) is 11.9 Å². The van der Waals surface area contributed by atoms with Crippen molar-refractivity contribution < 1.29 is 9.53 Å². The van der Waals surface area contributed by atoms with E-state index in [4.69, 9.17) is 4.74 Å². The topological polar surface area (TPSA) is 50.4 Å². The molecule has 2 fully saturated rings. The minimum Gasteiger partial charge on any atom is -0.378 e. The summed E-state index contributed by atoms with van der Waals surface area (Å²) in [5.41, 5.74) is 0. The summed E-state index contributed by atoms with van der Waals surface area (Å²) in [6.07, 6.45) is 5.59. The Balaban J connectivity index is 1.74. The van der Waals surface area contributed by atoms with Crippen molar-refractivity contribution in [2.75, 3.05) is 26.0 Å². The van der Waals surface area contributed by atoms with Crippen molar-refractivity contribution in [2.45, 2.75) is 36.6 Å². The highest BCUT2D eigenvalue weighted by atomic mass is 32.2. The fourth-order valence-corrected chi connectivity index (χ4v) is 3.12. The molecule has 92 valence electrons. The van der Waals surface area contributed by atoms with Crippen LogP contribution in [0.4, 0.5) is 0 Å². The van der Waals surface area contributed by atoms with E-state index in [1.165, 1.54) is 6.42 Å². The third kappa shape index (κ3) is 3.12. The number of hydrogen-bond donors (Lipinski definition) is 2. The monoisotopic (exact) mass is 244 g/mol. The Morgan fingerprint density at radius 1 is 1.50 bits per heavy atom. The highest BCUT2D eigenvalue weighted by Gasteiger charge is 2.28. The highest BCUT2D eigenvalue weighted by Crippen LogP contribution is 2.28. The van der Waals surface area contributed by atoms with Crippen molar-refractivity contribution in [2.24, 2.45) is 0 Å². The molecule has 0 aromatic carbocycles. The largest absolute Gasteiger partial charge is 0.378 e. The molecule has 0 aromatic heterocycles. The van der Waals surface area contributed by atoms with E-state index < -0.39 is 0 Å². The second kappa shape index (κ2) is 5.89. The van der Waals surface area contributed by atoms with Crippen LogP contribution in [-0.2, 0) is 9.53 Å². The first-order valence-electron chi connectivity index (χ1n) is 5.94. The lowest BCUT2D eigenvalue weighted by Crippen LogP contribution is -2.53. The predicted molar refractivity (Wildman–Crippen MR) is 65.7 cm³/mol. The van der Waals surface area contributed by atoms with Crippen molar-refractivity contribution >= 4 is 17.7 Å². The van der Waals surface area contributed by atoms with Gasteiger partial charge >= 0.3 is 0 Å². The van der Waals surface area contributed by atoms with Gasteiger partial charge < -0.3 is 15.4 Å². The van der Waals surface area contributed by atoms with Crippen molar-refractivity contribution in [3.63, 3.8) is 0 Å². The first-order valence-corrected chi connectivity index (χ1v) is 7.22. The van der Waals surface area contributed by atoms with Gasteiger partial charge in [0.25, 0.3) is 0 Å². The summed E-state index contributed by atoms with van der Waals surface area (Å²) < 4.78 is 5.28. The van der Waals surface area contributed by atoms with Crippen LogP contribution in [0, 0.1) is 0 Å². The van der Waals surface area contributed by atoms with Gasteiger partial charge in [0.05, 0.1) is 13.2 Å². The molecule has 0 spiro atoms. The standard InChI is InChI=1S/C11H20N2O2S/c1-16-9-3-2-8(6-9)13-11(14)10-7-15-5-4-12-10/h8-10,12H,2-7H2,1H3,(H,13,14). The average molecular weight is 244 g/mol. The summed E-state index contributed by atoms with van der Waals surface area (Å²) in [5, 5.41) is 7.02. The zero-order chi connectivity index (χ0) is 11.4. The fourth-order valence-electron chi connectivity index (χ4n) is 2.32. The summed E-state index contributed by atoms with van der Waals surface area (Å²) in [4.78, 5) is 11.9. The molecule has 2 rings (SSSR count). The quantitative estimate of drug-likeness (QED) is 0.753. The van der Waals surface area contributed by atoms with Crippen LogP contribution >= 0.6 is 11.8 Å². The summed E-state index contributed by atoms with van der Waals surface area (Å²) in [6, 6.07) is 0.218. The number of hydrogen-bond acceptors (Lipinski definition) is 4. The molecule has 0 radical (unpaired) electrons. The van der Waals surface area contributed by atoms with Gasteiger partial charge in [0.15, 0.2) is 0 Å². The molecule has 3 atom stereocenters. The Bertz CT molecular complexity index is 244. The van der Waals surface area contributed by atoms with Crippen LogP contribution in [0.5, 0.6) is 0 Å². The predicted octanol–water partition coefficient (Wildman–Crippen LogP) is 0.375. The molecule has 4 nitrogen and oxygen atoms in total. The van der Waals surface area contributed by atoms with Gasteiger partial charge in [0.1, 0.15) is 6.04 Å². The molecule has 3 unspecified atom stereocenters. The Morgan fingerprint density at radius 2 is 2.38 bits per heavy atom. The molecule has 0 aromatic rings. The molecule has 1 saturated carbocycles. The lowest BCUT2D eigenvalue weighted by Gasteiger charge is -2.24. The Kier molecular flexibility index (Phi) is 4.49. The van der Waals surface area contributed by atoms with Crippen LogP contribution in [0.25, 0.3) is 0 Å². The zero-order valence-corrected chi connectivity index (χ0v) is 10.5. The number of ether oxygens (including phenoxy) is 1. The summed E-state index contributed by atoms with van der Waals surface area (Å²) in [5.74, 6) is 0.103. The normalized spacial score (nSPS) is 34.9. The first kappa shape index (κ1) is 12.2. The van der Waals surface area contributed by atoms with Crippen molar-refractivity contribution in [3.05, 3.63) is 0 Å². The Morgan fingerprint density at radius 3 is 3.00 bits per heavy atom. The van der Waals surface area contributed by atoms with E-state index in [9.17, 15) is 4.79 Å². The minimum absolute atomic E-state index is 0.103. The maximum Gasteiger partial charge on any atom is 0.239 e. The van der Waals surface area contributed by atoms with Gasteiger partial charge in [-0.15, -0.1) is 0 Å². The van der Waals surface area contributed by atoms with E-state index in [2.05, 4.69) is 16.9 Å². The molecular weight excluding hydrogens is 224 g/mol. The maximum atomic E-state index is 11.9. The van der Waals surface area contributed by atoms with Gasteiger partial charge in [-0.1, -0.05) is 0 Å². The highest BCUT2D eigenvalue weighted by molar-refractivity contribution is 7.99. The smallest absolute Gasteiger partial charge is 0.239 e. The summed E-state index contributed by atoms with van der Waals surface area (Å²) in [7, 11) is 0. The maximum absolute atomic E-state index is 11.9.